The minimum Gasteiger partial charge on any atom is -0.478 e. The van der Waals surface area contributed by atoms with E-state index in [0.717, 1.165) is 0 Å². The Morgan fingerprint density at radius 3 is 2.42 bits per heavy atom. The summed E-state index contributed by atoms with van der Waals surface area (Å²) in [5, 5.41) is 14.3. The van der Waals surface area contributed by atoms with Crippen LogP contribution in [0.1, 0.15) is 31.1 Å². The molecule has 6 heteroatoms. The van der Waals surface area contributed by atoms with Crippen molar-refractivity contribution in [1.29, 1.82) is 0 Å². The minimum atomic E-state index is -1.04. The zero-order valence-corrected chi connectivity index (χ0v) is 12.7. The van der Waals surface area contributed by atoms with Gasteiger partial charge in [0, 0.05) is 16.7 Å². The Morgan fingerprint density at radius 1 is 1.26 bits per heavy atom. The average molecular weight is 329 g/mol. The second kappa shape index (κ2) is 6.06. The Kier molecular flexibility index (Phi) is 4.94. The van der Waals surface area contributed by atoms with Crippen molar-refractivity contribution in [2.24, 2.45) is 5.41 Å². The molecule has 1 aromatic carbocycles. The average Bonchev–Trinajstić information content (AvgIpc) is 2.24. The van der Waals surface area contributed by atoms with Gasteiger partial charge in [-0.25, -0.2) is 9.59 Å². The van der Waals surface area contributed by atoms with Crippen LogP contribution in [0, 0.1) is 5.41 Å². The standard InChI is InChI=1S/C13H17BrN2O3/c1-13(2,3)7-15-12(19)16-10-5-8(11(17)18)4-9(14)6-10/h4-6H,7H2,1-3H3,(H,17,18)(H2,15,16,19). The summed E-state index contributed by atoms with van der Waals surface area (Å²) in [6, 6.07) is 4.16. The van der Waals surface area contributed by atoms with Crippen molar-refractivity contribution in [2.45, 2.75) is 20.8 Å². The topological polar surface area (TPSA) is 78.4 Å². The largest absolute Gasteiger partial charge is 0.478 e. The van der Waals surface area contributed by atoms with Crippen LogP contribution in [-0.2, 0) is 0 Å². The molecule has 1 aromatic rings. The van der Waals surface area contributed by atoms with Crippen molar-refractivity contribution < 1.29 is 14.7 Å². The summed E-state index contributed by atoms with van der Waals surface area (Å²) in [7, 11) is 0. The highest BCUT2D eigenvalue weighted by Gasteiger charge is 2.12. The lowest BCUT2D eigenvalue weighted by Crippen LogP contribution is -2.35. The number of carboxylic acids is 1. The normalized spacial score (nSPS) is 10.9. The fraction of sp³-hybridized carbons (Fsp3) is 0.385. The number of carboxylic acid groups (broad SMARTS) is 1. The van der Waals surface area contributed by atoms with Crippen LogP contribution < -0.4 is 10.6 Å². The molecule has 3 N–H and O–H groups in total. The zero-order valence-electron chi connectivity index (χ0n) is 11.1. The number of benzene rings is 1. The lowest BCUT2D eigenvalue weighted by molar-refractivity contribution is 0.0697. The third-order valence-electron chi connectivity index (χ3n) is 2.18. The number of carbonyl (C=O) groups excluding carboxylic acids is 1. The second-order valence-corrected chi connectivity index (χ2v) is 6.32. The Morgan fingerprint density at radius 2 is 1.89 bits per heavy atom. The van der Waals surface area contributed by atoms with Gasteiger partial charge in [-0.1, -0.05) is 36.7 Å². The van der Waals surface area contributed by atoms with E-state index < -0.39 is 5.97 Å². The predicted octanol–water partition coefficient (Wildman–Crippen LogP) is 3.31. The van der Waals surface area contributed by atoms with Crippen LogP contribution in [0.5, 0.6) is 0 Å². The van der Waals surface area contributed by atoms with Crippen molar-refractivity contribution in [3.63, 3.8) is 0 Å². The summed E-state index contributed by atoms with van der Waals surface area (Å²) in [4.78, 5) is 22.6. The number of halogens is 1. The van der Waals surface area contributed by atoms with Crippen LogP contribution in [0.3, 0.4) is 0 Å². The number of urea groups is 1. The van der Waals surface area contributed by atoms with E-state index in [1.165, 1.54) is 12.1 Å². The highest BCUT2D eigenvalue weighted by molar-refractivity contribution is 9.10. The maximum absolute atomic E-state index is 11.7. The van der Waals surface area contributed by atoms with Crippen LogP contribution in [0.25, 0.3) is 0 Å². The molecule has 0 saturated carbocycles. The molecule has 0 atom stereocenters. The van der Waals surface area contributed by atoms with Gasteiger partial charge in [0.25, 0.3) is 0 Å². The number of nitrogens with one attached hydrogen (secondary N) is 2. The van der Waals surface area contributed by atoms with Gasteiger partial charge >= 0.3 is 12.0 Å². The highest BCUT2D eigenvalue weighted by atomic mass is 79.9. The zero-order chi connectivity index (χ0) is 14.6. The van der Waals surface area contributed by atoms with E-state index in [-0.39, 0.29) is 17.0 Å². The van der Waals surface area contributed by atoms with Gasteiger partial charge in [-0.05, 0) is 23.6 Å². The van der Waals surface area contributed by atoms with E-state index in [0.29, 0.717) is 16.7 Å². The summed E-state index contributed by atoms with van der Waals surface area (Å²) in [5.74, 6) is -1.04. The van der Waals surface area contributed by atoms with Gasteiger partial charge in [0.05, 0.1) is 5.56 Å². The molecule has 0 radical (unpaired) electrons. The number of rotatable bonds is 3. The maximum Gasteiger partial charge on any atom is 0.335 e. The first kappa shape index (κ1) is 15.5. The number of anilines is 1. The van der Waals surface area contributed by atoms with E-state index in [1.54, 1.807) is 6.07 Å². The van der Waals surface area contributed by atoms with E-state index in [2.05, 4.69) is 26.6 Å². The first-order valence-corrected chi connectivity index (χ1v) is 6.55. The van der Waals surface area contributed by atoms with Crippen LogP contribution >= 0.6 is 15.9 Å². The van der Waals surface area contributed by atoms with E-state index in [9.17, 15) is 9.59 Å². The van der Waals surface area contributed by atoms with Crippen molar-refractivity contribution in [3.8, 4) is 0 Å². The second-order valence-electron chi connectivity index (χ2n) is 5.40. The van der Waals surface area contributed by atoms with Crippen molar-refractivity contribution in [2.75, 3.05) is 11.9 Å². The summed E-state index contributed by atoms with van der Waals surface area (Å²) in [6.45, 7) is 6.55. The highest BCUT2D eigenvalue weighted by Crippen LogP contribution is 2.19. The summed E-state index contributed by atoms with van der Waals surface area (Å²) in [5.41, 5.74) is 0.527. The van der Waals surface area contributed by atoms with Gasteiger partial charge in [-0.15, -0.1) is 0 Å². The van der Waals surface area contributed by atoms with Gasteiger partial charge < -0.3 is 15.7 Å². The first-order chi connectivity index (χ1) is 8.67. The van der Waals surface area contributed by atoms with Gasteiger partial charge in [-0.3, -0.25) is 0 Å². The molecule has 2 amide bonds. The molecule has 19 heavy (non-hydrogen) atoms. The summed E-state index contributed by atoms with van der Waals surface area (Å²) >= 11 is 3.21. The molecule has 0 aliphatic carbocycles. The van der Waals surface area contributed by atoms with Crippen LogP contribution in [-0.4, -0.2) is 23.7 Å². The fourth-order valence-electron chi connectivity index (χ4n) is 1.31. The third-order valence-corrected chi connectivity index (χ3v) is 2.64. The number of carbonyl (C=O) groups is 2. The van der Waals surface area contributed by atoms with Crippen molar-refractivity contribution in [1.82, 2.24) is 5.32 Å². The van der Waals surface area contributed by atoms with Crippen molar-refractivity contribution >= 4 is 33.6 Å². The van der Waals surface area contributed by atoms with Gasteiger partial charge in [0.2, 0.25) is 0 Å². The van der Waals surface area contributed by atoms with Crippen LogP contribution in [0.15, 0.2) is 22.7 Å². The molecule has 104 valence electrons. The monoisotopic (exact) mass is 328 g/mol. The summed E-state index contributed by atoms with van der Waals surface area (Å²) < 4.78 is 0.596. The third kappa shape index (κ3) is 5.74. The Labute approximate surface area is 120 Å². The number of hydrogen-bond donors (Lipinski definition) is 3. The lowest BCUT2D eigenvalue weighted by atomic mass is 9.97. The van der Waals surface area contributed by atoms with E-state index >= 15 is 0 Å². The molecule has 0 unspecified atom stereocenters. The molecular weight excluding hydrogens is 312 g/mol. The fourth-order valence-corrected chi connectivity index (χ4v) is 1.80. The maximum atomic E-state index is 11.7. The molecule has 0 aliphatic rings. The number of aromatic carboxylic acids is 1. The molecule has 0 aliphatic heterocycles. The molecule has 0 aromatic heterocycles. The number of hydrogen-bond acceptors (Lipinski definition) is 2. The lowest BCUT2D eigenvalue weighted by Gasteiger charge is -2.19. The molecule has 0 saturated heterocycles. The quantitative estimate of drug-likeness (QED) is 0.796. The molecule has 0 heterocycles. The Hall–Kier alpha value is -1.56. The molecule has 0 spiro atoms. The van der Waals surface area contributed by atoms with Gasteiger partial charge in [0.15, 0.2) is 0 Å². The van der Waals surface area contributed by atoms with Crippen LogP contribution in [0.4, 0.5) is 10.5 Å². The van der Waals surface area contributed by atoms with E-state index in [1.807, 2.05) is 20.8 Å². The molecule has 1 rings (SSSR count). The Bertz CT molecular complexity index is 495. The van der Waals surface area contributed by atoms with Gasteiger partial charge in [0.1, 0.15) is 0 Å². The molecule has 0 bridgehead atoms. The van der Waals surface area contributed by atoms with E-state index in [4.69, 9.17) is 5.11 Å². The van der Waals surface area contributed by atoms with Crippen LogP contribution in [0.2, 0.25) is 0 Å². The van der Waals surface area contributed by atoms with Crippen molar-refractivity contribution in [3.05, 3.63) is 28.2 Å². The Balaban J connectivity index is 2.71. The smallest absolute Gasteiger partial charge is 0.335 e. The first-order valence-electron chi connectivity index (χ1n) is 5.76. The number of amides is 2. The minimum absolute atomic E-state index is 0.0131. The molecular formula is C13H17BrN2O3. The summed E-state index contributed by atoms with van der Waals surface area (Å²) in [6.07, 6.45) is 0. The predicted molar refractivity (Wildman–Crippen MR) is 77.6 cm³/mol. The molecule has 0 fully saturated rings. The van der Waals surface area contributed by atoms with Gasteiger partial charge in [-0.2, -0.15) is 0 Å². The molecule has 5 nitrogen and oxygen atoms in total. The SMILES string of the molecule is CC(C)(C)CNC(=O)Nc1cc(Br)cc(C(=O)O)c1.